The molecule has 0 aliphatic heterocycles. The molecule has 2 aromatic carbocycles. The summed E-state index contributed by atoms with van der Waals surface area (Å²) in [5.41, 5.74) is 1.37. The van der Waals surface area contributed by atoms with Gasteiger partial charge in [0.1, 0.15) is 12.0 Å². The number of halogens is 7. The fraction of sp³-hybridized carbons (Fsp3) is 0.143. The van der Waals surface area contributed by atoms with Crippen molar-refractivity contribution in [3.05, 3.63) is 62.7 Å². The van der Waals surface area contributed by atoms with Gasteiger partial charge in [-0.15, -0.1) is 0 Å². The van der Waals surface area contributed by atoms with Crippen LogP contribution in [0.15, 0.2) is 41.3 Å². The van der Waals surface area contributed by atoms with Gasteiger partial charge < -0.3 is 5.11 Å². The van der Waals surface area contributed by atoms with Crippen LogP contribution >= 0.6 is 11.6 Å². The van der Waals surface area contributed by atoms with E-state index < -0.39 is 24.4 Å². The summed E-state index contributed by atoms with van der Waals surface area (Å²) in [4.78, 5) is 11.6. The molecule has 2 rings (SSSR count). The summed E-state index contributed by atoms with van der Waals surface area (Å²) in [7, 11) is 0. The Labute approximate surface area is 161 Å². The molecule has 27 heavy (non-hydrogen) atoms. The van der Waals surface area contributed by atoms with Crippen molar-refractivity contribution in [3.8, 4) is 5.75 Å². The van der Waals surface area contributed by atoms with Crippen LogP contribution in [-0.4, -0.2) is 35.8 Å². The molecule has 4 nitrogen and oxygen atoms in total. The van der Waals surface area contributed by atoms with Crippen molar-refractivity contribution in [2.75, 3.05) is 6.26 Å². The first-order valence-electron chi connectivity index (χ1n) is 6.88. The Balaban J connectivity index is 0.000000445. The van der Waals surface area contributed by atoms with Gasteiger partial charge >= 0.3 is 36.4 Å². The number of nitrogens with zero attached hydrogens (tertiary/aromatic N) is 1. The van der Waals surface area contributed by atoms with Crippen LogP contribution in [0.5, 0.6) is 5.75 Å². The number of nitro benzene ring substituents is 1. The van der Waals surface area contributed by atoms with E-state index in [-0.39, 0.29) is 16.5 Å². The van der Waals surface area contributed by atoms with E-state index in [4.69, 9.17) is 11.6 Å². The standard InChI is InChI=1S/C14H12ClNO3S.6FH.Sb/c1-20-13-7-6-12(17)14(15)10(13)8-9-4-2-3-5-11(9)16(18)19;;;;;;;/h2-7,17H,8H2,1H3;6*1H;/q;;;;;;;+5/p-5. The average Bonchev–Trinajstić information content (AvgIpc) is 2.49. The van der Waals surface area contributed by atoms with E-state index in [0.29, 0.717) is 12.0 Å². The SMILES string of the molecule is C[SH+]c1ccc(O)c(Cl)c1Cc1ccccc1[N+](=O)[O-].[F][Sb-]([F])([F])([F])([F])[F]. The molecule has 0 aromatic heterocycles. The van der Waals surface area contributed by atoms with E-state index in [9.17, 15) is 32.1 Å². The number of phenols is 1. The zero-order valence-corrected chi connectivity index (χ0v) is 17.6. The van der Waals surface area contributed by atoms with Gasteiger partial charge in [0.2, 0.25) is 0 Å². The summed E-state index contributed by atoms with van der Waals surface area (Å²) in [6.45, 7) is 0. The van der Waals surface area contributed by atoms with Gasteiger partial charge in [-0.3, -0.25) is 10.1 Å². The van der Waals surface area contributed by atoms with Crippen molar-refractivity contribution in [2.24, 2.45) is 0 Å². The van der Waals surface area contributed by atoms with Crippen LogP contribution in [-0.2, 0) is 18.2 Å². The Morgan fingerprint density at radius 3 is 2.11 bits per heavy atom. The summed E-state index contributed by atoms with van der Waals surface area (Å²) in [5.74, 6) is -0.00680. The number of hydrogen-bond donors (Lipinski definition) is 1. The van der Waals surface area contributed by atoms with Crippen LogP contribution in [0.3, 0.4) is 0 Å². The van der Waals surface area contributed by atoms with Crippen molar-refractivity contribution < 1.29 is 26.9 Å². The van der Waals surface area contributed by atoms with E-state index in [1.807, 2.05) is 6.26 Å². The summed E-state index contributed by atoms with van der Waals surface area (Å²) in [6.07, 6.45) is 2.27. The molecule has 0 bridgehead atoms. The monoisotopic (exact) mass is 545 g/mol. The van der Waals surface area contributed by atoms with Crippen LogP contribution < -0.4 is 0 Å². The molecule has 152 valence electrons. The molecule has 13 heteroatoms. The quantitative estimate of drug-likeness (QED) is 0.138. The molecule has 0 saturated carbocycles. The molecule has 0 fully saturated rings. The van der Waals surface area contributed by atoms with E-state index in [0.717, 1.165) is 22.2 Å². The van der Waals surface area contributed by atoms with E-state index >= 15 is 0 Å². The molecular formula is C14H13ClF6NO3SSb. The maximum absolute atomic E-state index is 11.2. The number of benzene rings is 2. The van der Waals surface area contributed by atoms with Crippen molar-refractivity contribution in [1.29, 1.82) is 0 Å². The van der Waals surface area contributed by atoms with E-state index in [1.54, 1.807) is 24.3 Å². The van der Waals surface area contributed by atoms with Gasteiger partial charge in [-0.05, 0) is 12.1 Å². The van der Waals surface area contributed by atoms with E-state index in [1.165, 1.54) is 12.1 Å². The Morgan fingerprint density at radius 2 is 1.63 bits per heavy atom. The summed E-state index contributed by atoms with van der Waals surface area (Å²) in [5, 5.41) is 21.0. The van der Waals surface area contributed by atoms with Crippen LogP contribution in [0.4, 0.5) is 22.6 Å². The Morgan fingerprint density at radius 1 is 1.11 bits per heavy atom. The number of rotatable bonds is 4. The average molecular weight is 547 g/mol. The zero-order chi connectivity index (χ0) is 21.1. The maximum atomic E-state index is 11.0. The molecule has 0 spiro atoms. The third kappa shape index (κ3) is 9.43. The van der Waals surface area contributed by atoms with Crippen molar-refractivity contribution in [1.82, 2.24) is 0 Å². The molecule has 0 atom stereocenters. The molecule has 0 aliphatic rings. The first-order chi connectivity index (χ1) is 12.0. The second-order valence-electron chi connectivity index (χ2n) is 5.14. The number of nitro groups is 1. The van der Waals surface area contributed by atoms with Gasteiger partial charge in [-0.25, -0.2) is 0 Å². The predicted molar refractivity (Wildman–Crippen MR) is 94.4 cm³/mol. The fourth-order valence-electron chi connectivity index (χ4n) is 2.01. The van der Waals surface area contributed by atoms with Crippen LogP contribution in [0.25, 0.3) is 0 Å². The molecular weight excluding hydrogens is 533 g/mol. The second-order valence-corrected chi connectivity index (χ2v) is 11.9. The van der Waals surface area contributed by atoms with Crippen molar-refractivity contribution in [2.45, 2.75) is 11.3 Å². The Hall–Kier alpha value is -1.32. The molecule has 1 N–H and O–H groups in total. The van der Waals surface area contributed by atoms with Crippen LogP contribution in [0.1, 0.15) is 11.1 Å². The molecule has 0 unspecified atom stereocenters. The predicted octanol–water partition coefficient (Wildman–Crippen LogP) is 5.49. The number of para-hydroxylation sites is 1. The van der Waals surface area contributed by atoms with Crippen LogP contribution in [0.2, 0.25) is 5.02 Å². The normalized spacial score (nSPS) is 13.8. The van der Waals surface area contributed by atoms with Crippen LogP contribution in [0, 0.1) is 10.1 Å². The summed E-state index contributed by atoms with van der Waals surface area (Å²) < 4.78 is 59.6. The molecule has 0 aliphatic carbocycles. The summed E-state index contributed by atoms with van der Waals surface area (Å²) >= 11 is -4.12. The van der Waals surface area contributed by atoms with Gasteiger partial charge in [0.25, 0.3) is 5.69 Å². The minimum absolute atomic E-state index is 0.00680. The molecule has 0 heterocycles. The fourth-order valence-corrected chi connectivity index (χ4v) is 2.99. The molecule has 0 radical (unpaired) electrons. The van der Waals surface area contributed by atoms with Crippen molar-refractivity contribution in [3.63, 3.8) is 0 Å². The molecule has 2 aromatic rings. The topological polar surface area (TPSA) is 63.4 Å². The zero-order valence-electron chi connectivity index (χ0n) is 13.4. The first kappa shape index (κ1) is 23.7. The third-order valence-electron chi connectivity index (χ3n) is 2.99. The number of phenolic OH excluding ortho intramolecular Hbond substituents is 1. The van der Waals surface area contributed by atoms with Gasteiger partial charge in [0.15, 0.2) is 4.90 Å². The molecule has 0 amide bonds. The van der Waals surface area contributed by atoms with Gasteiger partial charge in [-0.1, -0.05) is 29.8 Å². The number of aromatic hydroxyl groups is 1. The van der Waals surface area contributed by atoms with E-state index in [2.05, 4.69) is 0 Å². The molecule has 0 saturated heterocycles. The minimum atomic E-state index is -11.2. The first-order valence-corrected chi connectivity index (χ1v) is 14.4. The number of thiol groups is 1. The van der Waals surface area contributed by atoms with Gasteiger partial charge in [-0.2, -0.15) is 0 Å². The Bertz CT molecular complexity index is 853. The van der Waals surface area contributed by atoms with Gasteiger partial charge in [0.05, 0.1) is 9.95 Å². The van der Waals surface area contributed by atoms with Crippen molar-refractivity contribution >= 4 is 48.5 Å². The number of hydrogen-bond acceptors (Lipinski definition) is 3. The third-order valence-corrected chi connectivity index (χ3v) is 4.32. The summed E-state index contributed by atoms with van der Waals surface area (Å²) in [6, 6.07) is 9.88. The second kappa shape index (κ2) is 7.60. The Kier molecular flexibility index (Phi) is 6.67. The van der Waals surface area contributed by atoms with Gasteiger partial charge in [0, 0.05) is 35.4 Å².